The maximum Gasteiger partial charge on any atom is 0.471 e. The summed E-state index contributed by atoms with van der Waals surface area (Å²) < 4.78 is 65.7. The van der Waals surface area contributed by atoms with Crippen LogP contribution in [0.4, 0.5) is 13.2 Å². The van der Waals surface area contributed by atoms with Crippen LogP contribution in [0.15, 0.2) is 62.6 Å². The predicted octanol–water partition coefficient (Wildman–Crippen LogP) is 3.64. The number of alkyl halides is 3. The molecule has 0 aliphatic carbocycles. The van der Waals surface area contributed by atoms with Gasteiger partial charge in [0.1, 0.15) is 11.4 Å². The highest BCUT2D eigenvalue weighted by molar-refractivity contribution is 7.93. The van der Waals surface area contributed by atoms with Crippen LogP contribution in [0.2, 0.25) is 0 Å². The molecule has 0 saturated heterocycles. The lowest BCUT2D eigenvalue weighted by atomic mass is 10.3. The summed E-state index contributed by atoms with van der Waals surface area (Å²) in [5.41, 5.74) is 1.04. The van der Waals surface area contributed by atoms with Crippen molar-refractivity contribution in [2.75, 3.05) is 13.4 Å². The lowest BCUT2D eigenvalue weighted by molar-refractivity contribution is -0.159. The highest BCUT2D eigenvalue weighted by Crippen LogP contribution is 2.29. The van der Waals surface area contributed by atoms with Crippen LogP contribution in [0.1, 0.15) is 11.6 Å². The summed E-state index contributed by atoms with van der Waals surface area (Å²) in [5.74, 6) is -1.84. The topological polar surface area (TPSA) is 112 Å². The van der Waals surface area contributed by atoms with Gasteiger partial charge < -0.3 is 13.7 Å². The molecule has 13 heteroatoms. The number of hydrogen-bond donors (Lipinski definition) is 0. The van der Waals surface area contributed by atoms with Crippen molar-refractivity contribution in [1.29, 1.82) is 0 Å². The molecular formula is C20H16F3N5O4S. The minimum Gasteiger partial charge on any atom is -0.497 e. The van der Waals surface area contributed by atoms with Gasteiger partial charge in [-0.2, -0.15) is 22.5 Å². The smallest absolute Gasteiger partial charge is 0.471 e. The summed E-state index contributed by atoms with van der Waals surface area (Å²) in [6.07, 6.45) is -0.635. The molecule has 1 atom stereocenters. The number of aromatic nitrogens is 4. The number of rotatable bonds is 5. The van der Waals surface area contributed by atoms with E-state index in [1.165, 1.54) is 42.3 Å². The molecule has 0 spiro atoms. The van der Waals surface area contributed by atoms with Gasteiger partial charge in [-0.15, -0.1) is 0 Å². The van der Waals surface area contributed by atoms with Gasteiger partial charge in [-0.25, -0.2) is 9.19 Å². The first-order valence-corrected chi connectivity index (χ1v) is 11.3. The van der Waals surface area contributed by atoms with Gasteiger partial charge in [0, 0.05) is 24.2 Å². The van der Waals surface area contributed by atoms with Crippen LogP contribution < -0.4 is 4.74 Å². The number of amides is 1. The van der Waals surface area contributed by atoms with Crippen molar-refractivity contribution >= 4 is 21.3 Å². The fourth-order valence-corrected chi connectivity index (χ4v) is 4.21. The van der Waals surface area contributed by atoms with E-state index in [2.05, 4.69) is 24.0 Å². The van der Waals surface area contributed by atoms with E-state index >= 15 is 0 Å². The van der Waals surface area contributed by atoms with E-state index in [1.54, 1.807) is 24.3 Å². The number of nitrogens with zero attached hydrogens (tertiary/aromatic N) is 5. The van der Waals surface area contributed by atoms with E-state index in [0.29, 0.717) is 22.0 Å². The largest absolute Gasteiger partial charge is 0.497 e. The standard InChI is InChI=1S/C20H16F3N5O4S/c1-31-14-4-3-5-15(9-14)33(2,30)27-17(29)8-13-11-28-10-12(6-7-16(28)24-13)18-25-19(32-26-18)20(21,22)23/h3-7,9-11H,8H2,1-2H3. The summed E-state index contributed by atoms with van der Waals surface area (Å²) in [5, 5.41) is 3.35. The Bertz CT molecular complexity index is 1470. The normalized spacial score (nSPS) is 13.6. The molecule has 4 aromatic rings. The lowest BCUT2D eigenvalue weighted by Gasteiger charge is -2.06. The first-order valence-electron chi connectivity index (χ1n) is 9.33. The molecule has 1 unspecified atom stereocenters. The number of carbonyl (C=O) groups excluding carboxylic acids is 1. The summed E-state index contributed by atoms with van der Waals surface area (Å²) in [4.78, 5) is 20.4. The molecule has 0 fully saturated rings. The lowest BCUT2D eigenvalue weighted by Crippen LogP contribution is -2.06. The van der Waals surface area contributed by atoms with Gasteiger partial charge in [0.2, 0.25) is 5.82 Å². The van der Waals surface area contributed by atoms with E-state index in [1.807, 2.05) is 0 Å². The van der Waals surface area contributed by atoms with Gasteiger partial charge >= 0.3 is 12.1 Å². The fraction of sp³-hybridized carbons (Fsp3) is 0.200. The Morgan fingerprint density at radius 1 is 1.21 bits per heavy atom. The molecule has 0 radical (unpaired) electrons. The van der Waals surface area contributed by atoms with Crippen LogP contribution >= 0.6 is 0 Å². The Balaban J connectivity index is 1.57. The third-order valence-electron chi connectivity index (χ3n) is 4.51. The molecule has 3 aromatic heterocycles. The molecule has 172 valence electrons. The second kappa shape index (κ2) is 8.31. The molecule has 1 amide bonds. The summed E-state index contributed by atoms with van der Waals surface area (Å²) >= 11 is 0. The summed E-state index contributed by atoms with van der Waals surface area (Å²) in [6.45, 7) is 0. The Hall–Kier alpha value is -3.74. The number of halogens is 3. The summed E-state index contributed by atoms with van der Waals surface area (Å²) in [6, 6.07) is 9.49. The number of ether oxygens (including phenoxy) is 1. The van der Waals surface area contributed by atoms with Crippen molar-refractivity contribution in [1.82, 2.24) is 19.5 Å². The highest BCUT2D eigenvalue weighted by Gasteiger charge is 2.38. The molecule has 9 nitrogen and oxygen atoms in total. The van der Waals surface area contributed by atoms with Gasteiger partial charge in [0.15, 0.2) is 0 Å². The Morgan fingerprint density at radius 3 is 2.70 bits per heavy atom. The van der Waals surface area contributed by atoms with E-state index in [9.17, 15) is 22.2 Å². The van der Waals surface area contributed by atoms with Gasteiger partial charge in [-0.3, -0.25) is 4.79 Å². The Morgan fingerprint density at radius 2 is 2.00 bits per heavy atom. The maximum atomic E-state index is 12.9. The Kier molecular flexibility index (Phi) is 5.66. The number of methoxy groups -OCH3 is 1. The SMILES string of the molecule is COc1cccc(S(C)(=O)=NC(=O)Cc2cn3cc(-c4noc(C(F)(F)F)n4)ccc3n2)c1. The first kappa shape index (κ1) is 22.5. The molecule has 0 aliphatic rings. The van der Waals surface area contributed by atoms with Crippen molar-refractivity contribution in [2.24, 2.45) is 4.36 Å². The van der Waals surface area contributed by atoms with Gasteiger partial charge in [-0.05, 0) is 30.3 Å². The number of hydrogen-bond acceptors (Lipinski definition) is 7. The van der Waals surface area contributed by atoms with Crippen molar-refractivity contribution in [3.8, 4) is 17.1 Å². The molecule has 0 bridgehead atoms. The zero-order chi connectivity index (χ0) is 23.8. The van der Waals surface area contributed by atoms with Crippen LogP contribution in [-0.2, 0) is 27.1 Å². The van der Waals surface area contributed by atoms with E-state index < -0.39 is 27.7 Å². The van der Waals surface area contributed by atoms with Crippen molar-refractivity contribution < 1.29 is 31.4 Å². The zero-order valence-electron chi connectivity index (χ0n) is 17.2. The molecule has 3 heterocycles. The molecule has 1 aromatic carbocycles. The summed E-state index contributed by atoms with van der Waals surface area (Å²) in [7, 11) is -1.53. The van der Waals surface area contributed by atoms with Gasteiger partial charge in [-0.1, -0.05) is 11.2 Å². The van der Waals surface area contributed by atoms with Crippen molar-refractivity contribution in [3.05, 3.63) is 60.4 Å². The number of benzene rings is 1. The average molecular weight is 479 g/mol. The quantitative estimate of drug-likeness (QED) is 0.430. The van der Waals surface area contributed by atoms with Gasteiger partial charge in [0.05, 0.1) is 33.8 Å². The fourth-order valence-electron chi connectivity index (χ4n) is 2.99. The van der Waals surface area contributed by atoms with E-state index in [4.69, 9.17) is 4.74 Å². The number of fused-ring (bicyclic) bond motifs is 1. The maximum absolute atomic E-state index is 12.9. The second-order valence-electron chi connectivity index (χ2n) is 6.98. The predicted molar refractivity (Wildman–Crippen MR) is 110 cm³/mol. The number of carbonyl (C=O) groups is 1. The molecule has 33 heavy (non-hydrogen) atoms. The van der Waals surface area contributed by atoms with Crippen LogP contribution in [0.5, 0.6) is 5.75 Å². The number of imidazole rings is 1. The minimum atomic E-state index is -4.75. The van der Waals surface area contributed by atoms with Crippen LogP contribution in [-0.4, -0.2) is 43.0 Å². The molecule has 0 saturated carbocycles. The molecule has 0 N–H and O–H groups in total. The second-order valence-corrected chi connectivity index (χ2v) is 9.24. The molecular weight excluding hydrogens is 463 g/mol. The van der Waals surface area contributed by atoms with E-state index in [-0.39, 0.29) is 17.8 Å². The monoisotopic (exact) mass is 479 g/mol. The first-order chi connectivity index (χ1) is 15.5. The average Bonchev–Trinajstić information content (AvgIpc) is 3.39. The third-order valence-corrected chi connectivity index (χ3v) is 6.20. The zero-order valence-corrected chi connectivity index (χ0v) is 18.1. The molecule has 4 rings (SSSR count). The molecule has 0 aliphatic heterocycles. The van der Waals surface area contributed by atoms with Crippen molar-refractivity contribution in [2.45, 2.75) is 17.5 Å². The van der Waals surface area contributed by atoms with Crippen LogP contribution in [0.3, 0.4) is 0 Å². The van der Waals surface area contributed by atoms with E-state index in [0.717, 1.165) is 0 Å². The van der Waals surface area contributed by atoms with Crippen LogP contribution in [0, 0.1) is 0 Å². The highest BCUT2D eigenvalue weighted by atomic mass is 32.2. The number of pyridine rings is 1. The Labute approximate surface area is 185 Å². The third kappa shape index (κ3) is 4.87. The minimum absolute atomic E-state index is 0.216. The van der Waals surface area contributed by atoms with Crippen LogP contribution in [0.25, 0.3) is 17.0 Å². The van der Waals surface area contributed by atoms with Gasteiger partial charge in [0.25, 0.3) is 5.91 Å². The van der Waals surface area contributed by atoms with Crippen molar-refractivity contribution in [3.63, 3.8) is 0 Å².